The second-order valence-corrected chi connectivity index (χ2v) is 26.2. The third-order valence-corrected chi connectivity index (χ3v) is 16.4. The van der Waals surface area contributed by atoms with Crippen LogP contribution in [0.3, 0.4) is 0 Å². The van der Waals surface area contributed by atoms with Gasteiger partial charge in [-0.3, -0.25) is 37.3 Å². The van der Waals surface area contributed by atoms with E-state index in [2.05, 4.69) is 34.6 Å². The zero-order valence-corrected chi connectivity index (χ0v) is 54.4. The molecule has 17 nitrogen and oxygen atoms in total. The number of carbonyl (C=O) groups excluding carboxylic acids is 4. The van der Waals surface area contributed by atoms with Crippen molar-refractivity contribution in [3.05, 3.63) is 0 Å². The van der Waals surface area contributed by atoms with Crippen LogP contribution >= 0.6 is 15.6 Å². The van der Waals surface area contributed by atoms with E-state index < -0.39 is 97.5 Å². The number of hydrogen-bond donors (Lipinski definition) is 3. The lowest BCUT2D eigenvalue weighted by Gasteiger charge is -2.21. The number of ether oxygens (including phenoxy) is 4. The van der Waals surface area contributed by atoms with Crippen molar-refractivity contribution >= 4 is 39.5 Å². The average molecular weight is 1210 g/mol. The monoisotopic (exact) mass is 1210 g/mol. The highest BCUT2D eigenvalue weighted by atomic mass is 31.2. The van der Waals surface area contributed by atoms with Crippen LogP contribution in [0.4, 0.5) is 0 Å². The SMILES string of the molecule is CCCCCCCCCCCCCCCCCCCC(=O)O[C@H](COC(=O)CCCCCCCCC(C)C)COP(=O)(O)OC[C@@H](O)COP(=O)(O)OC[C@@H](COC(=O)CCCCCCCCCC)OC(=O)CCCCCCCCCC. The Morgan fingerprint density at radius 1 is 0.329 bits per heavy atom. The lowest BCUT2D eigenvalue weighted by molar-refractivity contribution is -0.161. The molecule has 0 aliphatic heterocycles. The van der Waals surface area contributed by atoms with Crippen molar-refractivity contribution in [2.45, 2.75) is 335 Å². The number of rotatable bonds is 63. The molecule has 0 saturated carbocycles. The highest BCUT2D eigenvalue weighted by Gasteiger charge is 2.30. The van der Waals surface area contributed by atoms with Gasteiger partial charge in [-0.05, 0) is 31.6 Å². The second kappa shape index (κ2) is 56.8. The molecule has 0 bridgehead atoms. The maximum absolute atomic E-state index is 13.0. The summed E-state index contributed by atoms with van der Waals surface area (Å²) in [6.45, 7) is 7.05. The molecule has 0 aliphatic carbocycles. The lowest BCUT2D eigenvalue weighted by Crippen LogP contribution is -2.30. The molecule has 0 saturated heterocycles. The van der Waals surface area contributed by atoms with Gasteiger partial charge < -0.3 is 33.8 Å². The number of aliphatic hydroxyl groups excluding tert-OH is 1. The largest absolute Gasteiger partial charge is 0.472 e. The second-order valence-electron chi connectivity index (χ2n) is 23.3. The summed E-state index contributed by atoms with van der Waals surface area (Å²) in [4.78, 5) is 72.0. The third-order valence-electron chi connectivity index (χ3n) is 14.5. The Hall–Kier alpha value is -1.94. The van der Waals surface area contributed by atoms with Gasteiger partial charge in [0.25, 0.3) is 0 Å². The van der Waals surface area contributed by atoms with E-state index in [9.17, 15) is 43.2 Å². The number of phosphoric ester groups is 2. The van der Waals surface area contributed by atoms with Gasteiger partial charge in [-0.15, -0.1) is 0 Å². The van der Waals surface area contributed by atoms with Crippen molar-refractivity contribution in [2.75, 3.05) is 39.6 Å². The predicted octanol–water partition coefficient (Wildman–Crippen LogP) is 17.4. The molecule has 0 fully saturated rings. The number of carbonyl (C=O) groups is 4. The molecule has 2 unspecified atom stereocenters. The Morgan fingerprint density at radius 2 is 0.561 bits per heavy atom. The van der Waals surface area contributed by atoms with Gasteiger partial charge in [0.05, 0.1) is 26.4 Å². The molecule has 0 amide bonds. The topological polar surface area (TPSA) is 237 Å². The first-order chi connectivity index (χ1) is 39.5. The number of phosphoric acid groups is 2. The Balaban J connectivity index is 5.16. The van der Waals surface area contributed by atoms with Crippen molar-refractivity contribution in [2.24, 2.45) is 5.92 Å². The molecule has 0 aliphatic rings. The van der Waals surface area contributed by atoms with Crippen LogP contribution in [0.15, 0.2) is 0 Å². The van der Waals surface area contributed by atoms with Gasteiger partial charge in [0.15, 0.2) is 12.2 Å². The Kier molecular flexibility index (Phi) is 55.5. The fraction of sp³-hybridized carbons (Fsp3) is 0.937. The standard InChI is InChI=1S/C63H122O17P2/c1-6-9-12-15-18-21-22-23-24-25-26-27-28-29-32-39-44-49-63(68)80-59(53-74-61(66)47-42-37-34-33-35-40-45-56(4)5)55-78-82(71,72)76-51-57(64)50-75-81(69,70)77-54-58(79-62(67)48-43-38-31-20-17-14-11-8-3)52-73-60(65)46-41-36-30-19-16-13-10-7-2/h56-59,64H,6-55H2,1-5H3,(H,69,70)(H,71,72)/t57-,58+,59+/m0/s1. The van der Waals surface area contributed by atoms with Crippen LogP contribution in [-0.4, -0.2) is 96.7 Å². The minimum absolute atomic E-state index is 0.105. The van der Waals surface area contributed by atoms with Crippen LogP contribution in [0.25, 0.3) is 0 Å². The first-order valence-corrected chi connectivity index (χ1v) is 36.1. The van der Waals surface area contributed by atoms with Gasteiger partial charge in [-0.1, -0.05) is 266 Å². The molecule has 486 valence electrons. The van der Waals surface area contributed by atoms with E-state index in [1.807, 2.05) is 0 Å². The van der Waals surface area contributed by atoms with E-state index in [4.69, 9.17) is 37.0 Å². The molecule has 3 N–H and O–H groups in total. The summed E-state index contributed by atoms with van der Waals surface area (Å²) in [6.07, 6.45) is 40.6. The van der Waals surface area contributed by atoms with E-state index in [0.29, 0.717) is 31.6 Å². The normalized spacial score (nSPS) is 14.3. The lowest BCUT2D eigenvalue weighted by atomic mass is 10.0. The van der Waals surface area contributed by atoms with Gasteiger partial charge >= 0.3 is 39.5 Å². The zero-order valence-electron chi connectivity index (χ0n) is 52.6. The summed E-state index contributed by atoms with van der Waals surface area (Å²) in [5.41, 5.74) is 0. The fourth-order valence-electron chi connectivity index (χ4n) is 9.41. The van der Waals surface area contributed by atoms with Crippen LogP contribution in [0.2, 0.25) is 0 Å². The highest BCUT2D eigenvalue weighted by Crippen LogP contribution is 2.45. The van der Waals surface area contributed by atoms with Crippen molar-refractivity contribution in [3.63, 3.8) is 0 Å². The Morgan fingerprint density at radius 3 is 0.829 bits per heavy atom. The molecule has 0 heterocycles. The maximum Gasteiger partial charge on any atom is 0.472 e. The third kappa shape index (κ3) is 57.2. The van der Waals surface area contributed by atoms with Gasteiger partial charge in [0.2, 0.25) is 0 Å². The summed E-state index contributed by atoms with van der Waals surface area (Å²) in [6, 6.07) is 0. The molecule has 0 radical (unpaired) electrons. The van der Waals surface area contributed by atoms with E-state index in [0.717, 1.165) is 109 Å². The van der Waals surface area contributed by atoms with Gasteiger partial charge in [0, 0.05) is 25.7 Å². The highest BCUT2D eigenvalue weighted by molar-refractivity contribution is 7.47. The quantitative estimate of drug-likeness (QED) is 0.0222. The molecule has 0 rings (SSSR count). The number of esters is 4. The van der Waals surface area contributed by atoms with E-state index in [-0.39, 0.29) is 25.7 Å². The minimum Gasteiger partial charge on any atom is -0.462 e. The number of aliphatic hydroxyl groups is 1. The van der Waals surface area contributed by atoms with Crippen molar-refractivity contribution in [3.8, 4) is 0 Å². The predicted molar refractivity (Wildman–Crippen MR) is 326 cm³/mol. The van der Waals surface area contributed by atoms with Crippen LogP contribution < -0.4 is 0 Å². The van der Waals surface area contributed by atoms with Crippen molar-refractivity contribution in [1.29, 1.82) is 0 Å². The molecular weight excluding hydrogens is 1090 g/mol. The maximum atomic E-state index is 13.0. The summed E-state index contributed by atoms with van der Waals surface area (Å²) in [5, 5.41) is 10.5. The van der Waals surface area contributed by atoms with Gasteiger partial charge in [-0.25, -0.2) is 9.13 Å². The van der Waals surface area contributed by atoms with Crippen molar-refractivity contribution in [1.82, 2.24) is 0 Å². The molecule has 0 aromatic heterocycles. The molecule has 0 spiro atoms. The average Bonchev–Trinajstić information content (AvgIpc) is 3.46. The Labute approximate surface area is 498 Å². The van der Waals surface area contributed by atoms with Gasteiger partial charge in [-0.2, -0.15) is 0 Å². The first-order valence-electron chi connectivity index (χ1n) is 33.1. The molecular formula is C63H122O17P2. The van der Waals surface area contributed by atoms with Gasteiger partial charge in [0.1, 0.15) is 19.3 Å². The van der Waals surface area contributed by atoms with Crippen LogP contribution in [0.5, 0.6) is 0 Å². The molecule has 5 atom stereocenters. The summed E-state index contributed by atoms with van der Waals surface area (Å²) < 4.78 is 67.8. The van der Waals surface area contributed by atoms with Crippen LogP contribution in [0.1, 0.15) is 317 Å². The van der Waals surface area contributed by atoms with E-state index in [1.165, 1.54) is 122 Å². The molecule has 82 heavy (non-hydrogen) atoms. The van der Waals surface area contributed by atoms with Crippen LogP contribution in [0, 0.1) is 5.92 Å². The minimum atomic E-state index is -4.94. The van der Waals surface area contributed by atoms with Crippen LogP contribution in [-0.2, 0) is 65.4 Å². The summed E-state index contributed by atoms with van der Waals surface area (Å²) >= 11 is 0. The molecule has 0 aromatic rings. The van der Waals surface area contributed by atoms with E-state index in [1.54, 1.807) is 0 Å². The number of hydrogen-bond acceptors (Lipinski definition) is 15. The summed E-state index contributed by atoms with van der Waals surface area (Å²) in [7, 11) is -9.88. The smallest absolute Gasteiger partial charge is 0.462 e. The molecule has 0 aromatic carbocycles. The number of unbranched alkanes of at least 4 members (excludes halogenated alkanes) is 35. The fourth-order valence-corrected chi connectivity index (χ4v) is 11.0. The zero-order chi connectivity index (χ0) is 60.6. The van der Waals surface area contributed by atoms with E-state index >= 15 is 0 Å². The first kappa shape index (κ1) is 80.1. The van der Waals surface area contributed by atoms with Crippen molar-refractivity contribution < 1.29 is 80.2 Å². The molecule has 19 heteroatoms. The summed E-state index contributed by atoms with van der Waals surface area (Å²) in [5.74, 6) is -1.46. The Bertz CT molecular complexity index is 1600.